The van der Waals surface area contributed by atoms with Crippen LogP contribution in [0.4, 0.5) is 0 Å². The van der Waals surface area contributed by atoms with Crippen molar-refractivity contribution in [3.63, 3.8) is 0 Å². The predicted molar refractivity (Wildman–Crippen MR) is 67.3 cm³/mol. The molecule has 0 aromatic rings. The Kier molecular flexibility index (Phi) is 5.81. The first kappa shape index (κ1) is 13.5. The number of nitrogens with one attached hydrogen (secondary N) is 2. The summed E-state index contributed by atoms with van der Waals surface area (Å²) in [5, 5.41) is 6.31. The molecular formula is C13H26N2O. The molecule has 94 valence electrons. The average Bonchev–Trinajstić information content (AvgIpc) is 2.58. The Balaban J connectivity index is 2.12. The van der Waals surface area contributed by atoms with E-state index >= 15 is 0 Å². The molecule has 16 heavy (non-hydrogen) atoms. The largest absolute Gasteiger partial charge is 0.355 e. The van der Waals surface area contributed by atoms with Crippen LogP contribution in [-0.4, -0.2) is 25.0 Å². The summed E-state index contributed by atoms with van der Waals surface area (Å²) in [6.45, 7) is 8.00. The number of rotatable bonds is 6. The molecule has 3 atom stereocenters. The molecule has 1 fully saturated rings. The van der Waals surface area contributed by atoms with Crippen LogP contribution in [0, 0.1) is 11.8 Å². The first-order valence-electron chi connectivity index (χ1n) is 6.65. The Hall–Kier alpha value is -0.570. The minimum absolute atomic E-state index is 0.139. The molecule has 1 rings (SSSR count). The van der Waals surface area contributed by atoms with Gasteiger partial charge in [-0.25, -0.2) is 0 Å². The van der Waals surface area contributed by atoms with E-state index in [4.69, 9.17) is 0 Å². The first-order chi connectivity index (χ1) is 7.65. The Morgan fingerprint density at radius 3 is 2.62 bits per heavy atom. The first-order valence-corrected chi connectivity index (χ1v) is 6.65. The molecule has 0 spiro atoms. The summed E-state index contributed by atoms with van der Waals surface area (Å²) in [5.41, 5.74) is 0. The number of carbonyl (C=O) groups excluding carboxylic acids is 1. The van der Waals surface area contributed by atoms with Crippen molar-refractivity contribution in [3.05, 3.63) is 0 Å². The second-order valence-electron chi connectivity index (χ2n) is 5.10. The fourth-order valence-electron chi connectivity index (χ4n) is 2.34. The van der Waals surface area contributed by atoms with Crippen LogP contribution in [0.1, 0.15) is 46.5 Å². The Bertz CT molecular complexity index is 218. The van der Waals surface area contributed by atoms with E-state index in [0.717, 1.165) is 25.3 Å². The van der Waals surface area contributed by atoms with Crippen LogP contribution in [0.15, 0.2) is 0 Å². The molecule has 1 amide bonds. The predicted octanol–water partition coefficient (Wildman–Crippen LogP) is 1.93. The minimum Gasteiger partial charge on any atom is -0.355 e. The highest BCUT2D eigenvalue weighted by Crippen LogP contribution is 2.30. The molecule has 0 heterocycles. The van der Waals surface area contributed by atoms with E-state index in [-0.39, 0.29) is 5.91 Å². The van der Waals surface area contributed by atoms with Crippen molar-refractivity contribution in [2.24, 2.45) is 11.8 Å². The summed E-state index contributed by atoms with van der Waals surface area (Å²) in [5.74, 6) is 1.63. The minimum atomic E-state index is 0.139. The third kappa shape index (κ3) is 4.12. The summed E-state index contributed by atoms with van der Waals surface area (Å²) >= 11 is 0. The molecule has 3 unspecified atom stereocenters. The van der Waals surface area contributed by atoms with Crippen molar-refractivity contribution >= 4 is 5.91 Å². The maximum absolute atomic E-state index is 11.5. The van der Waals surface area contributed by atoms with E-state index in [0.29, 0.717) is 18.5 Å². The fourth-order valence-corrected chi connectivity index (χ4v) is 2.34. The molecule has 1 saturated carbocycles. The second kappa shape index (κ2) is 6.89. The molecule has 0 aliphatic heterocycles. The number of hydrogen-bond acceptors (Lipinski definition) is 2. The molecule has 0 aromatic carbocycles. The van der Waals surface area contributed by atoms with Gasteiger partial charge in [-0.3, -0.25) is 4.79 Å². The van der Waals surface area contributed by atoms with Crippen molar-refractivity contribution < 1.29 is 4.79 Å². The zero-order chi connectivity index (χ0) is 12.0. The molecule has 2 N–H and O–H groups in total. The monoisotopic (exact) mass is 226 g/mol. The van der Waals surface area contributed by atoms with Gasteiger partial charge in [0.2, 0.25) is 5.91 Å². The lowest BCUT2D eigenvalue weighted by molar-refractivity contribution is -0.120. The molecular weight excluding hydrogens is 200 g/mol. The lowest BCUT2D eigenvalue weighted by atomic mass is 9.98. The van der Waals surface area contributed by atoms with Gasteiger partial charge in [-0.2, -0.15) is 0 Å². The average molecular weight is 226 g/mol. The van der Waals surface area contributed by atoms with Crippen LogP contribution in [0.25, 0.3) is 0 Å². The lowest BCUT2D eigenvalue weighted by Crippen LogP contribution is -2.41. The molecule has 1 aliphatic rings. The summed E-state index contributed by atoms with van der Waals surface area (Å²) in [4.78, 5) is 11.5. The molecule has 3 heteroatoms. The highest BCUT2D eigenvalue weighted by Gasteiger charge is 2.29. The van der Waals surface area contributed by atoms with Crippen molar-refractivity contribution in [1.29, 1.82) is 0 Å². The summed E-state index contributed by atoms with van der Waals surface area (Å²) < 4.78 is 0. The third-order valence-corrected chi connectivity index (χ3v) is 3.84. The van der Waals surface area contributed by atoms with Gasteiger partial charge < -0.3 is 10.6 Å². The zero-order valence-corrected chi connectivity index (χ0v) is 10.9. The number of unbranched alkanes of at least 4 members (excludes halogenated alkanes) is 1. The van der Waals surface area contributed by atoms with Crippen LogP contribution in [0.2, 0.25) is 0 Å². The molecule has 1 aliphatic carbocycles. The lowest BCUT2D eigenvalue weighted by Gasteiger charge is -2.19. The highest BCUT2D eigenvalue weighted by atomic mass is 16.1. The summed E-state index contributed by atoms with van der Waals surface area (Å²) in [6, 6.07) is 0.534. The van der Waals surface area contributed by atoms with Crippen LogP contribution in [0.3, 0.4) is 0 Å². The Morgan fingerprint density at radius 1 is 1.31 bits per heavy atom. The number of carbonyl (C=O) groups is 1. The van der Waals surface area contributed by atoms with E-state index in [1.165, 1.54) is 12.8 Å². The van der Waals surface area contributed by atoms with Crippen LogP contribution in [-0.2, 0) is 4.79 Å². The van der Waals surface area contributed by atoms with Crippen molar-refractivity contribution in [3.8, 4) is 0 Å². The van der Waals surface area contributed by atoms with E-state index in [1.807, 2.05) is 0 Å². The van der Waals surface area contributed by atoms with Gasteiger partial charge in [-0.15, -0.1) is 0 Å². The zero-order valence-electron chi connectivity index (χ0n) is 10.9. The smallest absolute Gasteiger partial charge is 0.233 e. The maximum atomic E-state index is 11.5. The van der Waals surface area contributed by atoms with E-state index < -0.39 is 0 Å². The van der Waals surface area contributed by atoms with Gasteiger partial charge in [-0.1, -0.05) is 27.2 Å². The third-order valence-electron chi connectivity index (χ3n) is 3.84. The quantitative estimate of drug-likeness (QED) is 0.679. The van der Waals surface area contributed by atoms with Gasteiger partial charge in [-0.05, 0) is 31.1 Å². The topological polar surface area (TPSA) is 41.1 Å². The van der Waals surface area contributed by atoms with Gasteiger partial charge in [0.05, 0.1) is 6.54 Å². The number of hydrogen-bond donors (Lipinski definition) is 2. The maximum Gasteiger partial charge on any atom is 0.233 e. The normalized spacial score (nSPS) is 29.3. The van der Waals surface area contributed by atoms with Crippen LogP contribution in [0.5, 0.6) is 0 Å². The summed E-state index contributed by atoms with van der Waals surface area (Å²) in [7, 11) is 0. The summed E-state index contributed by atoms with van der Waals surface area (Å²) in [6.07, 6.45) is 4.70. The van der Waals surface area contributed by atoms with Gasteiger partial charge in [0.25, 0.3) is 0 Å². The highest BCUT2D eigenvalue weighted by molar-refractivity contribution is 5.77. The van der Waals surface area contributed by atoms with Crippen LogP contribution >= 0.6 is 0 Å². The Morgan fingerprint density at radius 2 is 2.06 bits per heavy atom. The number of amides is 1. The Labute approximate surface area is 99.4 Å². The fraction of sp³-hybridized carbons (Fsp3) is 0.923. The molecule has 0 saturated heterocycles. The molecule has 0 bridgehead atoms. The second-order valence-corrected chi connectivity index (χ2v) is 5.10. The standard InChI is InChI=1S/C13H26N2O/c1-4-5-8-14-13(16)9-15-12-7-6-10(2)11(12)3/h10-12,15H,4-9H2,1-3H3,(H,14,16). The molecule has 0 radical (unpaired) electrons. The van der Waals surface area contributed by atoms with Crippen molar-refractivity contribution in [2.75, 3.05) is 13.1 Å². The van der Waals surface area contributed by atoms with Gasteiger partial charge in [0.1, 0.15) is 0 Å². The van der Waals surface area contributed by atoms with Gasteiger partial charge >= 0.3 is 0 Å². The van der Waals surface area contributed by atoms with Crippen molar-refractivity contribution in [1.82, 2.24) is 10.6 Å². The van der Waals surface area contributed by atoms with Gasteiger partial charge in [0, 0.05) is 12.6 Å². The van der Waals surface area contributed by atoms with E-state index in [1.54, 1.807) is 0 Å². The van der Waals surface area contributed by atoms with Crippen molar-refractivity contribution in [2.45, 2.75) is 52.5 Å². The van der Waals surface area contributed by atoms with Crippen LogP contribution < -0.4 is 10.6 Å². The molecule has 0 aromatic heterocycles. The van der Waals surface area contributed by atoms with E-state index in [9.17, 15) is 4.79 Å². The molecule has 3 nitrogen and oxygen atoms in total. The van der Waals surface area contributed by atoms with E-state index in [2.05, 4.69) is 31.4 Å². The van der Waals surface area contributed by atoms with Gasteiger partial charge in [0.15, 0.2) is 0 Å². The SMILES string of the molecule is CCCCNC(=O)CNC1CCC(C)C1C.